The van der Waals surface area contributed by atoms with Gasteiger partial charge < -0.3 is 20.1 Å². The van der Waals surface area contributed by atoms with Crippen LogP contribution in [-0.4, -0.2) is 37.8 Å². The summed E-state index contributed by atoms with van der Waals surface area (Å²) < 4.78 is 35.7. The minimum Gasteiger partial charge on any atom is -0.493 e. The fourth-order valence-corrected chi connectivity index (χ4v) is 2.57. The molecule has 0 spiro atoms. The van der Waals surface area contributed by atoms with Crippen molar-refractivity contribution in [3.63, 3.8) is 0 Å². The van der Waals surface area contributed by atoms with Gasteiger partial charge in [-0.25, -0.2) is 0 Å². The van der Waals surface area contributed by atoms with E-state index in [0.717, 1.165) is 24.1 Å². The second kappa shape index (κ2) is 11.8. The Labute approximate surface area is 170 Å². The van der Waals surface area contributed by atoms with Crippen LogP contribution >= 0.6 is 0 Å². The van der Waals surface area contributed by atoms with E-state index < -0.39 is 6.61 Å². The summed E-state index contributed by atoms with van der Waals surface area (Å²) in [7, 11) is 1.65. The van der Waals surface area contributed by atoms with Crippen LogP contribution < -0.4 is 20.1 Å². The van der Waals surface area contributed by atoms with Crippen molar-refractivity contribution >= 4 is 5.96 Å². The predicted octanol–water partition coefficient (Wildman–Crippen LogP) is 3.69. The highest BCUT2D eigenvalue weighted by Crippen LogP contribution is 2.26. The third-order valence-electron chi connectivity index (χ3n) is 4.08. The zero-order valence-corrected chi connectivity index (χ0v) is 17.0. The number of aryl methyl sites for hydroxylation is 1. The van der Waals surface area contributed by atoms with Crippen LogP contribution in [0.25, 0.3) is 0 Å². The van der Waals surface area contributed by atoms with Crippen molar-refractivity contribution in [3.05, 3.63) is 53.3 Å². The molecule has 29 heavy (non-hydrogen) atoms. The summed E-state index contributed by atoms with van der Waals surface area (Å²) in [5.74, 6) is 1.15. The third kappa shape index (κ3) is 7.93. The van der Waals surface area contributed by atoms with Gasteiger partial charge in [0.05, 0.1) is 6.61 Å². The minimum atomic E-state index is -2.91. The molecule has 0 bridgehead atoms. The Kier molecular flexibility index (Phi) is 9.14. The van der Waals surface area contributed by atoms with Crippen LogP contribution in [0.3, 0.4) is 0 Å². The topological polar surface area (TPSA) is 67.8 Å². The maximum Gasteiger partial charge on any atom is 0.387 e. The van der Waals surface area contributed by atoms with Crippen molar-refractivity contribution in [1.29, 1.82) is 0 Å². The largest absolute Gasteiger partial charge is 0.493 e. The highest BCUT2D eigenvalue weighted by molar-refractivity contribution is 5.79. The van der Waals surface area contributed by atoms with Gasteiger partial charge >= 0.3 is 6.61 Å². The summed E-state index contributed by atoms with van der Waals surface area (Å²) in [6.45, 7) is 2.47. The van der Waals surface area contributed by atoms with E-state index in [1.54, 1.807) is 19.2 Å². The number of halogens is 2. The van der Waals surface area contributed by atoms with E-state index in [1.807, 2.05) is 32.2 Å². The molecule has 0 aliphatic carbocycles. The van der Waals surface area contributed by atoms with Crippen molar-refractivity contribution in [2.75, 3.05) is 20.2 Å². The lowest BCUT2D eigenvalue weighted by Crippen LogP contribution is -2.38. The van der Waals surface area contributed by atoms with Gasteiger partial charge in [-0.1, -0.05) is 13.0 Å². The number of nitrogens with one attached hydrogen (secondary N) is 2. The molecule has 0 atom stereocenters. The molecule has 8 heteroatoms. The van der Waals surface area contributed by atoms with Gasteiger partial charge in [0.1, 0.15) is 11.5 Å². The first-order valence-corrected chi connectivity index (χ1v) is 9.58. The van der Waals surface area contributed by atoms with E-state index in [9.17, 15) is 8.78 Å². The highest BCUT2D eigenvalue weighted by Gasteiger charge is 2.12. The van der Waals surface area contributed by atoms with Gasteiger partial charge in [-0.2, -0.15) is 8.78 Å². The van der Waals surface area contributed by atoms with Crippen LogP contribution in [0.15, 0.2) is 41.5 Å². The van der Waals surface area contributed by atoms with Gasteiger partial charge in [0.25, 0.3) is 0 Å². The van der Waals surface area contributed by atoms with Crippen LogP contribution in [0.5, 0.6) is 11.5 Å². The summed E-state index contributed by atoms with van der Waals surface area (Å²) in [4.78, 5) is 8.44. The lowest BCUT2D eigenvalue weighted by molar-refractivity contribution is -0.0505. The monoisotopic (exact) mass is 406 g/mol. The molecule has 158 valence electrons. The van der Waals surface area contributed by atoms with Crippen molar-refractivity contribution in [2.24, 2.45) is 4.99 Å². The van der Waals surface area contributed by atoms with E-state index in [0.29, 0.717) is 30.4 Å². The van der Waals surface area contributed by atoms with Crippen LogP contribution in [0, 0.1) is 6.92 Å². The lowest BCUT2D eigenvalue weighted by atomic mass is 10.2. The first-order chi connectivity index (χ1) is 14.0. The van der Waals surface area contributed by atoms with Crippen LogP contribution in [0.4, 0.5) is 8.78 Å². The van der Waals surface area contributed by atoms with Gasteiger partial charge in [0, 0.05) is 43.7 Å². The van der Waals surface area contributed by atoms with Gasteiger partial charge in [-0.05, 0) is 43.5 Å². The van der Waals surface area contributed by atoms with Crippen molar-refractivity contribution in [3.8, 4) is 11.5 Å². The number of hydrogen-bond donors (Lipinski definition) is 2. The van der Waals surface area contributed by atoms with E-state index >= 15 is 0 Å². The SMILES string of the molecule is CCCOc1ccc(CNC(=NC)NCCc2ccc(C)nc2)c(OC(F)F)c1. The quantitative estimate of drug-likeness (QED) is 0.465. The Morgan fingerprint density at radius 1 is 1.21 bits per heavy atom. The molecule has 2 N–H and O–H groups in total. The highest BCUT2D eigenvalue weighted by atomic mass is 19.3. The molecule has 0 aliphatic rings. The molecule has 0 saturated carbocycles. The number of guanidine groups is 1. The number of alkyl halides is 2. The molecule has 0 amide bonds. The number of ether oxygens (including phenoxy) is 2. The van der Waals surface area contributed by atoms with E-state index in [-0.39, 0.29) is 12.3 Å². The third-order valence-corrected chi connectivity index (χ3v) is 4.08. The van der Waals surface area contributed by atoms with Crippen LogP contribution in [0.2, 0.25) is 0 Å². The van der Waals surface area contributed by atoms with Crippen LogP contribution in [0.1, 0.15) is 30.2 Å². The standard InChI is InChI=1S/C21H28F2N4O2/c1-4-11-28-18-8-7-17(19(12-18)29-20(22)23)14-27-21(24-3)25-10-9-16-6-5-15(2)26-13-16/h5-8,12-13,20H,4,9-11,14H2,1-3H3,(H2,24,25,27). The number of hydrogen-bond acceptors (Lipinski definition) is 4. The fraction of sp³-hybridized carbons (Fsp3) is 0.429. The molecule has 2 aromatic rings. The zero-order chi connectivity index (χ0) is 21.1. The van der Waals surface area contributed by atoms with E-state index in [4.69, 9.17) is 4.74 Å². The molecule has 1 heterocycles. The summed E-state index contributed by atoms with van der Waals surface area (Å²) in [5.41, 5.74) is 2.68. The maximum absolute atomic E-state index is 12.8. The molecule has 0 radical (unpaired) electrons. The van der Waals surface area contributed by atoms with Gasteiger partial charge in [-0.3, -0.25) is 9.98 Å². The smallest absolute Gasteiger partial charge is 0.387 e. The number of benzene rings is 1. The molecule has 0 saturated heterocycles. The zero-order valence-electron chi connectivity index (χ0n) is 17.0. The van der Waals surface area contributed by atoms with Crippen molar-refractivity contribution < 1.29 is 18.3 Å². The summed E-state index contributed by atoms with van der Waals surface area (Å²) >= 11 is 0. The number of aromatic nitrogens is 1. The number of aliphatic imine (C=N–C) groups is 1. The van der Waals surface area contributed by atoms with Gasteiger partial charge in [-0.15, -0.1) is 0 Å². The predicted molar refractivity (Wildman–Crippen MR) is 110 cm³/mol. The maximum atomic E-state index is 12.8. The Bertz CT molecular complexity index is 783. The Morgan fingerprint density at radius 2 is 2.03 bits per heavy atom. The summed E-state index contributed by atoms with van der Waals surface area (Å²) in [5, 5.41) is 6.31. The molecular weight excluding hydrogens is 378 g/mol. The Balaban J connectivity index is 1.92. The molecule has 1 aromatic carbocycles. The average Bonchev–Trinajstić information content (AvgIpc) is 2.71. The molecule has 2 rings (SSSR count). The second-order valence-electron chi connectivity index (χ2n) is 6.41. The summed E-state index contributed by atoms with van der Waals surface area (Å²) in [6, 6.07) is 8.95. The Hall–Kier alpha value is -2.90. The number of rotatable bonds is 10. The normalized spacial score (nSPS) is 11.4. The van der Waals surface area contributed by atoms with E-state index in [1.165, 1.54) is 6.07 Å². The Morgan fingerprint density at radius 3 is 2.69 bits per heavy atom. The second-order valence-corrected chi connectivity index (χ2v) is 6.41. The first-order valence-electron chi connectivity index (χ1n) is 9.58. The van der Waals surface area contributed by atoms with Crippen LogP contribution in [-0.2, 0) is 13.0 Å². The molecular formula is C21H28F2N4O2. The fourth-order valence-electron chi connectivity index (χ4n) is 2.57. The molecule has 0 fully saturated rings. The van der Waals surface area contributed by atoms with Gasteiger partial charge in [0.2, 0.25) is 0 Å². The molecule has 0 aliphatic heterocycles. The number of nitrogens with zero attached hydrogens (tertiary/aromatic N) is 2. The molecule has 1 aromatic heterocycles. The average molecular weight is 406 g/mol. The first kappa shape index (κ1) is 22.4. The van der Waals surface area contributed by atoms with Crippen molar-refractivity contribution in [2.45, 2.75) is 39.8 Å². The van der Waals surface area contributed by atoms with E-state index in [2.05, 4.69) is 25.3 Å². The molecule has 6 nitrogen and oxygen atoms in total. The molecule has 0 unspecified atom stereocenters. The van der Waals surface area contributed by atoms with Crippen molar-refractivity contribution in [1.82, 2.24) is 15.6 Å². The summed E-state index contributed by atoms with van der Waals surface area (Å²) in [6.07, 6.45) is 3.47. The van der Waals surface area contributed by atoms with Gasteiger partial charge in [0.15, 0.2) is 5.96 Å². The lowest BCUT2D eigenvalue weighted by Gasteiger charge is -2.16. The minimum absolute atomic E-state index is 0.0854. The number of pyridine rings is 1.